The molecule has 0 saturated carbocycles. The molecule has 1 saturated heterocycles. The Morgan fingerprint density at radius 3 is 2.38 bits per heavy atom. The Balaban J connectivity index is 1.34. The lowest BCUT2D eigenvalue weighted by atomic mass is 10.1. The van der Waals surface area contributed by atoms with Crippen LogP contribution in [0.3, 0.4) is 0 Å². The first-order chi connectivity index (χ1) is 21.9. The largest absolute Gasteiger partial charge is 0.569 e. The molecule has 2 aromatic carbocycles. The van der Waals surface area contributed by atoms with Crippen LogP contribution in [0.5, 0.6) is 0 Å². The lowest BCUT2D eigenvalue weighted by molar-refractivity contribution is -0.708. The third kappa shape index (κ3) is 9.47. The summed E-state index contributed by atoms with van der Waals surface area (Å²) in [5, 5.41) is 20.1. The molecule has 0 aliphatic carbocycles. The first kappa shape index (κ1) is 34.8. The van der Waals surface area contributed by atoms with Crippen molar-refractivity contribution in [1.29, 1.82) is 0 Å². The van der Waals surface area contributed by atoms with E-state index in [1.807, 2.05) is 6.92 Å². The molecule has 1 fully saturated rings. The minimum atomic E-state index is -4.72. The summed E-state index contributed by atoms with van der Waals surface area (Å²) < 4.78 is 83.6. The second-order valence-corrected chi connectivity index (χ2v) is 12.9. The van der Waals surface area contributed by atoms with E-state index in [2.05, 4.69) is 20.0 Å². The maximum atomic E-state index is 13.5. The van der Waals surface area contributed by atoms with Gasteiger partial charge in [-0.05, 0) is 58.0 Å². The number of amides is 1. The summed E-state index contributed by atoms with van der Waals surface area (Å²) in [7, 11) is -4.46. The quantitative estimate of drug-likeness (QED) is 0.0795. The van der Waals surface area contributed by atoms with Crippen LogP contribution < -0.4 is 4.72 Å². The number of aryl methyl sites for hydroxylation is 1. The molecule has 47 heavy (non-hydrogen) atoms. The fraction of sp³-hybridized carbons (Fsp3) is 0.393. The number of hydrogen-bond acceptors (Lipinski definition) is 11. The number of nitrogens with zero attached hydrogens (tertiary/aromatic N) is 5. The van der Waals surface area contributed by atoms with E-state index in [-0.39, 0.29) is 40.8 Å². The van der Waals surface area contributed by atoms with E-state index in [1.165, 1.54) is 12.1 Å². The van der Waals surface area contributed by atoms with Gasteiger partial charge in [0, 0.05) is 12.0 Å². The number of nitrogens with one attached hydrogen (secondary N) is 1. The molecule has 1 atom stereocenters. The van der Waals surface area contributed by atoms with Crippen LogP contribution in [0.25, 0.3) is 16.9 Å². The highest BCUT2D eigenvalue weighted by molar-refractivity contribution is 7.90. The van der Waals surface area contributed by atoms with Crippen molar-refractivity contribution >= 4 is 22.3 Å². The molecular formula is C28H31F3N6O9S. The second-order valence-electron chi connectivity index (χ2n) is 11.2. The van der Waals surface area contributed by atoms with Crippen LogP contribution in [-0.2, 0) is 35.2 Å². The zero-order valence-corrected chi connectivity index (χ0v) is 26.4. The average molecular weight is 685 g/mol. The van der Waals surface area contributed by atoms with Crippen LogP contribution in [0.4, 0.5) is 22.8 Å². The number of halogens is 3. The fourth-order valence-corrected chi connectivity index (χ4v) is 5.08. The SMILES string of the molecule is Cc1ccc(-c2cc(C(F)(F)F)nn2-c2ccc(S(=O)(=O)NC(=O)OC3CCN(/[N+]([O-])=N\OCOC(=O)OC(C)(C)C)C3)cc2)cc1. The van der Waals surface area contributed by atoms with Gasteiger partial charge in [-0.2, -0.15) is 18.3 Å². The van der Waals surface area contributed by atoms with Gasteiger partial charge >= 0.3 is 18.4 Å². The standard InChI is InChI=1S/C28H31F3N6O9S/c1-18-5-7-19(8-6-18)23-15-24(28(29,30)31)32-36(23)20-9-11-22(12-10-20)47(41,42)33-25(38)45-21-13-14-35(16-21)37(40)34-44-17-43-26(39)46-27(2,3)4/h5-12,15,21H,13-14,16-17H2,1-4H3,(H,33,38)/b37-34+. The zero-order chi connectivity index (χ0) is 34.6. The Labute approximate surface area is 267 Å². The van der Waals surface area contributed by atoms with Crippen molar-refractivity contribution in [2.75, 3.05) is 19.9 Å². The second kappa shape index (κ2) is 13.7. The van der Waals surface area contributed by atoms with Crippen molar-refractivity contribution in [3.8, 4) is 16.9 Å². The summed E-state index contributed by atoms with van der Waals surface area (Å²) in [4.78, 5) is 28.2. The van der Waals surface area contributed by atoms with Gasteiger partial charge in [-0.1, -0.05) is 29.8 Å². The summed E-state index contributed by atoms with van der Waals surface area (Å²) in [6, 6.07) is 12.3. The molecule has 2 heterocycles. The van der Waals surface area contributed by atoms with E-state index < -0.39 is 52.6 Å². The zero-order valence-electron chi connectivity index (χ0n) is 25.6. The summed E-state index contributed by atoms with van der Waals surface area (Å²) in [5.74, 6) is 0. The van der Waals surface area contributed by atoms with Gasteiger partial charge < -0.3 is 24.3 Å². The van der Waals surface area contributed by atoms with Crippen LogP contribution in [0, 0.1) is 12.1 Å². The summed E-state index contributed by atoms with van der Waals surface area (Å²) in [6.45, 7) is 5.93. The molecule has 3 aromatic rings. The van der Waals surface area contributed by atoms with Crippen molar-refractivity contribution in [3.05, 3.63) is 71.1 Å². The van der Waals surface area contributed by atoms with Gasteiger partial charge in [0.1, 0.15) is 18.2 Å². The Bertz CT molecular complexity index is 1720. The van der Waals surface area contributed by atoms with Gasteiger partial charge in [0.05, 0.1) is 27.8 Å². The maximum absolute atomic E-state index is 13.5. The molecule has 254 valence electrons. The third-order valence-corrected chi connectivity index (χ3v) is 7.67. The normalized spacial score (nSPS) is 15.7. The molecule has 0 bridgehead atoms. The molecule has 1 aromatic heterocycles. The third-order valence-electron chi connectivity index (χ3n) is 6.34. The Kier molecular flexibility index (Phi) is 10.2. The molecule has 1 N–H and O–H groups in total. The van der Waals surface area contributed by atoms with E-state index in [1.54, 1.807) is 49.8 Å². The highest BCUT2D eigenvalue weighted by atomic mass is 32.2. The molecule has 15 nitrogen and oxygen atoms in total. The average Bonchev–Trinajstić information content (AvgIpc) is 3.63. The Morgan fingerprint density at radius 1 is 1.11 bits per heavy atom. The molecule has 1 aliphatic rings. The topological polar surface area (TPSA) is 177 Å². The highest BCUT2D eigenvalue weighted by Gasteiger charge is 2.36. The van der Waals surface area contributed by atoms with Gasteiger partial charge in [0.2, 0.25) is 5.28 Å². The number of ether oxygens (including phenoxy) is 3. The van der Waals surface area contributed by atoms with Crippen molar-refractivity contribution in [1.82, 2.24) is 19.5 Å². The number of sulfonamides is 1. The van der Waals surface area contributed by atoms with Crippen LogP contribution in [-0.4, -0.2) is 72.0 Å². The number of rotatable bonds is 9. The van der Waals surface area contributed by atoms with Crippen LogP contribution in [0.2, 0.25) is 0 Å². The first-order valence-corrected chi connectivity index (χ1v) is 15.4. The van der Waals surface area contributed by atoms with Gasteiger partial charge in [0.15, 0.2) is 5.69 Å². The minimum Gasteiger partial charge on any atom is -0.569 e. The molecular weight excluding hydrogens is 653 g/mol. The maximum Gasteiger partial charge on any atom is 0.511 e. The van der Waals surface area contributed by atoms with Crippen molar-refractivity contribution in [2.24, 2.45) is 5.28 Å². The Morgan fingerprint density at radius 2 is 1.77 bits per heavy atom. The van der Waals surface area contributed by atoms with Crippen molar-refractivity contribution < 1.29 is 55.2 Å². The van der Waals surface area contributed by atoms with E-state index in [0.717, 1.165) is 33.5 Å². The molecule has 19 heteroatoms. The van der Waals surface area contributed by atoms with E-state index >= 15 is 0 Å². The summed E-state index contributed by atoms with van der Waals surface area (Å²) in [6.07, 6.45) is -7.80. The smallest absolute Gasteiger partial charge is 0.511 e. The number of hydrogen-bond donors (Lipinski definition) is 1. The minimum absolute atomic E-state index is 0.0551. The number of alkyl halides is 3. The lowest BCUT2D eigenvalue weighted by Gasteiger charge is -2.18. The van der Waals surface area contributed by atoms with Crippen molar-refractivity contribution in [2.45, 2.75) is 56.9 Å². The monoisotopic (exact) mass is 684 g/mol. The van der Waals surface area contributed by atoms with E-state index in [4.69, 9.17) is 9.47 Å². The molecule has 0 spiro atoms. The Hall–Kier alpha value is -5.07. The van der Waals surface area contributed by atoms with E-state index in [0.29, 0.717) is 5.56 Å². The predicted octanol–water partition coefficient (Wildman–Crippen LogP) is 5.07. The number of benzene rings is 2. The van der Waals surface area contributed by atoms with Crippen molar-refractivity contribution in [3.63, 3.8) is 0 Å². The number of hydrazine groups is 1. The first-order valence-electron chi connectivity index (χ1n) is 13.9. The fourth-order valence-electron chi connectivity index (χ4n) is 4.20. The highest BCUT2D eigenvalue weighted by Crippen LogP contribution is 2.33. The molecule has 1 aliphatic heterocycles. The van der Waals surface area contributed by atoms with Gasteiger partial charge in [-0.25, -0.2) is 27.4 Å². The van der Waals surface area contributed by atoms with Gasteiger partial charge in [0.25, 0.3) is 16.8 Å². The van der Waals surface area contributed by atoms with Crippen LogP contribution >= 0.6 is 0 Å². The molecule has 0 radical (unpaired) electrons. The summed E-state index contributed by atoms with van der Waals surface area (Å²) >= 11 is 0. The van der Waals surface area contributed by atoms with E-state index in [9.17, 15) is 36.4 Å². The lowest BCUT2D eigenvalue weighted by Crippen LogP contribution is -2.36. The predicted molar refractivity (Wildman–Crippen MR) is 155 cm³/mol. The van der Waals surface area contributed by atoms with Crippen LogP contribution in [0.1, 0.15) is 38.4 Å². The van der Waals surface area contributed by atoms with Gasteiger partial charge in [-0.3, -0.25) is 0 Å². The number of carbonyl (C=O) groups excluding carboxylic acids is 2. The number of carbonyl (C=O) groups is 2. The van der Waals surface area contributed by atoms with Crippen LogP contribution in [0.15, 0.2) is 64.8 Å². The summed E-state index contributed by atoms with van der Waals surface area (Å²) in [5.41, 5.74) is -0.299. The molecule has 1 amide bonds. The van der Waals surface area contributed by atoms with Gasteiger partial charge in [-0.15, -0.1) is 5.01 Å². The molecule has 4 rings (SSSR count). The molecule has 1 unspecified atom stereocenters. The number of aromatic nitrogens is 2.